The number of H-pyrrole nitrogens is 1. The summed E-state index contributed by atoms with van der Waals surface area (Å²) in [5.74, 6) is -0.378. The molecule has 3 aromatic heterocycles. The molecule has 3 rings (SSSR count). The number of aromatic nitrogens is 3. The van der Waals surface area contributed by atoms with Crippen LogP contribution < -0.4 is 16.6 Å². The van der Waals surface area contributed by atoms with Gasteiger partial charge in [0.2, 0.25) is 0 Å². The van der Waals surface area contributed by atoms with Gasteiger partial charge in [-0.05, 0) is 24.5 Å². The minimum Gasteiger partial charge on any atom is -0.472 e. The number of rotatable bonds is 6. The standard InChI is InChI=1S/C19H22N4O4/c1-4-6-23-16-15(18(25)22-19(23)26)13(8-14(21-16)11(2)3)17(24)20-9-12-5-7-27-10-12/h5,7-8,10-11H,4,6,9H2,1-3H3,(H,20,24)(H,22,25,26). The maximum Gasteiger partial charge on any atom is 0.329 e. The predicted octanol–water partition coefficient (Wildman–Crippen LogP) is 2.14. The molecule has 3 heterocycles. The van der Waals surface area contributed by atoms with E-state index in [1.165, 1.54) is 17.1 Å². The molecule has 1 amide bonds. The highest BCUT2D eigenvalue weighted by molar-refractivity contribution is 6.05. The molecule has 27 heavy (non-hydrogen) atoms. The summed E-state index contributed by atoms with van der Waals surface area (Å²) in [5.41, 5.74) is 0.767. The lowest BCUT2D eigenvalue weighted by Crippen LogP contribution is -2.33. The molecular formula is C19H22N4O4. The van der Waals surface area contributed by atoms with Crippen LogP contribution in [0.3, 0.4) is 0 Å². The Kier molecular flexibility index (Phi) is 5.25. The second-order valence-electron chi connectivity index (χ2n) is 6.67. The van der Waals surface area contributed by atoms with Gasteiger partial charge in [0.15, 0.2) is 5.65 Å². The number of carbonyl (C=O) groups is 1. The Morgan fingerprint density at radius 2 is 2.15 bits per heavy atom. The number of nitrogens with zero attached hydrogens (tertiary/aromatic N) is 2. The fourth-order valence-electron chi connectivity index (χ4n) is 2.87. The fourth-order valence-corrected chi connectivity index (χ4v) is 2.87. The van der Waals surface area contributed by atoms with Crippen molar-refractivity contribution in [3.8, 4) is 0 Å². The van der Waals surface area contributed by atoms with Crippen LogP contribution in [-0.2, 0) is 13.1 Å². The molecular weight excluding hydrogens is 348 g/mol. The number of carbonyl (C=O) groups excluding carboxylic acids is 1. The molecule has 8 nitrogen and oxygen atoms in total. The van der Waals surface area contributed by atoms with E-state index < -0.39 is 17.2 Å². The second-order valence-corrected chi connectivity index (χ2v) is 6.67. The Hall–Kier alpha value is -3.16. The molecule has 0 aliphatic heterocycles. The van der Waals surface area contributed by atoms with Crippen molar-refractivity contribution in [2.75, 3.05) is 0 Å². The molecule has 0 radical (unpaired) electrons. The van der Waals surface area contributed by atoms with E-state index in [4.69, 9.17) is 4.42 Å². The zero-order valence-electron chi connectivity index (χ0n) is 15.5. The first kappa shape index (κ1) is 18.6. The van der Waals surface area contributed by atoms with Crippen molar-refractivity contribution in [1.29, 1.82) is 0 Å². The van der Waals surface area contributed by atoms with Crippen molar-refractivity contribution >= 4 is 16.9 Å². The van der Waals surface area contributed by atoms with Gasteiger partial charge in [0, 0.05) is 24.3 Å². The molecule has 0 unspecified atom stereocenters. The smallest absolute Gasteiger partial charge is 0.329 e. The lowest BCUT2D eigenvalue weighted by molar-refractivity contribution is 0.0952. The summed E-state index contributed by atoms with van der Waals surface area (Å²) >= 11 is 0. The maximum atomic E-state index is 12.8. The minimum atomic E-state index is -0.612. The molecule has 3 aromatic rings. The molecule has 8 heteroatoms. The molecule has 0 spiro atoms. The van der Waals surface area contributed by atoms with Crippen LogP contribution in [0.5, 0.6) is 0 Å². The number of aromatic amines is 1. The van der Waals surface area contributed by atoms with E-state index in [2.05, 4.69) is 15.3 Å². The van der Waals surface area contributed by atoms with Crippen molar-refractivity contribution in [3.63, 3.8) is 0 Å². The largest absolute Gasteiger partial charge is 0.472 e. The van der Waals surface area contributed by atoms with Gasteiger partial charge in [-0.1, -0.05) is 20.8 Å². The number of hydrogen-bond donors (Lipinski definition) is 2. The number of pyridine rings is 1. The fraction of sp³-hybridized carbons (Fsp3) is 0.368. The maximum absolute atomic E-state index is 12.8. The van der Waals surface area contributed by atoms with Gasteiger partial charge in [-0.15, -0.1) is 0 Å². The number of furan rings is 1. The first-order valence-electron chi connectivity index (χ1n) is 8.89. The lowest BCUT2D eigenvalue weighted by atomic mass is 10.0. The summed E-state index contributed by atoms with van der Waals surface area (Å²) in [6.07, 6.45) is 3.75. The van der Waals surface area contributed by atoms with Crippen molar-refractivity contribution in [2.24, 2.45) is 0 Å². The van der Waals surface area contributed by atoms with Gasteiger partial charge in [0.05, 0.1) is 23.5 Å². The molecule has 0 atom stereocenters. The molecule has 0 bridgehead atoms. The Bertz CT molecular complexity index is 1080. The molecule has 0 fully saturated rings. The Morgan fingerprint density at radius 1 is 1.37 bits per heavy atom. The van der Waals surface area contributed by atoms with Gasteiger partial charge in [0.1, 0.15) is 0 Å². The van der Waals surface area contributed by atoms with Crippen molar-refractivity contribution in [2.45, 2.75) is 46.2 Å². The highest BCUT2D eigenvalue weighted by atomic mass is 16.3. The van der Waals surface area contributed by atoms with Crippen LogP contribution in [0.25, 0.3) is 11.0 Å². The Balaban J connectivity index is 2.17. The number of amides is 1. The van der Waals surface area contributed by atoms with Crippen LogP contribution in [0.4, 0.5) is 0 Å². The first-order chi connectivity index (χ1) is 12.9. The van der Waals surface area contributed by atoms with Crippen LogP contribution in [-0.4, -0.2) is 20.4 Å². The summed E-state index contributed by atoms with van der Waals surface area (Å²) in [5, 5.41) is 2.91. The molecule has 0 aromatic carbocycles. The van der Waals surface area contributed by atoms with E-state index in [-0.39, 0.29) is 29.1 Å². The number of nitrogens with one attached hydrogen (secondary N) is 2. The summed E-state index contributed by atoms with van der Waals surface area (Å²) in [4.78, 5) is 44.4. The van der Waals surface area contributed by atoms with Gasteiger partial charge < -0.3 is 9.73 Å². The van der Waals surface area contributed by atoms with E-state index in [0.717, 1.165) is 5.56 Å². The second kappa shape index (κ2) is 7.61. The van der Waals surface area contributed by atoms with Crippen molar-refractivity contribution in [1.82, 2.24) is 19.9 Å². The summed E-state index contributed by atoms with van der Waals surface area (Å²) < 4.78 is 6.41. The average Bonchev–Trinajstić information content (AvgIpc) is 3.15. The quantitative estimate of drug-likeness (QED) is 0.691. The van der Waals surface area contributed by atoms with Gasteiger partial charge in [0.25, 0.3) is 11.5 Å². The van der Waals surface area contributed by atoms with Crippen LogP contribution in [0.1, 0.15) is 54.7 Å². The normalized spacial score (nSPS) is 11.3. The minimum absolute atomic E-state index is 0.0271. The van der Waals surface area contributed by atoms with Gasteiger partial charge in [-0.3, -0.25) is 19.1 Å². The Labute approximate surface area is 155 Å². The average molecular weight is 370 g/mol. The highest BCUT2D eigenvalue weighted by Gasteiger charge is 2.20. The third-order valence-corrected chi connectivity index (χ3v) is 4.29. The third kappa shape index (κ3) is 3.69. The first-order valence-corrected chi connectivity index (χ1v) is 8.89. The van der Waals surface area contributed by atoms with E-state index in [9.17, 15) is 14.4 Å². The van der Waals surface area contributed by atoms with E-state index in [0.29, 0.717) is 18.7 Å². The summed E-state index contributed by atoms with van der Waals surface area (Å²) in [7, 11) is 0. The van der Waals surface area contributed by atoms with Crippen LogP contribution in [0, 0.1) is 0 Å². The van der Waals surface area contributed by atoms with Gasteiger partial charge in [-0.2, -0.15) is 0 Å². The molecule has 0 aliphatic carbocycles. The molecule has 142 valence electrons. The van der Waals surface area contributed by atoms with E-state index in [1.54, 1.807) is 12.1 Å². The van der Waals surface area contributed by atoms with Gasteiger partial charge >= 0.3 is 5.69 Å². The highest BCUT2D eigenvalue weighted by Crippen LogP contribution is 2.20. The number of fused-ring (bicyclic) bond motifs is 1. The number of aryl methyl sites for hydroxylation is 1. The van der Waals surface area contributed by atoms with Crippen molar-refractivity contribution < 1.29 is 9.21 Å². The topological polar surface area (TPSA) is 110 Å². The van der Waals surface area contributed by atoms with Crippen LogP contribution >= 0.6 is 0 Å². The zero-order chi connectivity index (χ0) is 19.6. The monoisotopic (exact) mass is 370 g/mol. The Morgan fingerprint density at radius 3 is 2.78 bits per heavy atom. The van der Waals surface area contributed by atoms with E-state index in [1.807, 2.05) is 20.8 Å². The zero-order valence-corrected chi connectivity index (χ0v) is 15.5. The molecule has 0 aliphatic rings. The summed E-state index contributed by atoms with van der Waals surface area (Å²) in [6, 6.07) is 3.36. The van der Waals surface area contributed by atoms with E-state index >= 15 is 0 Å². The van der Waals surface area contributed by atoms with Crippen LogP contribution in [0.2, 0.25) is 0 Å². The lowest BCUT2D eigenvalue weighted by Gasteiger charge is -2.14. The predicted molar refractivity (Wildman–Crippen MR) is 101 cm³/mol. The van der Waals surface area contributed by atoms with Gasteiger partial charge in [-0.25, -0.2) is 9.78 Å². The van der Waals surface area contributed by atoms with Crippen molar-refractivity contribution in [3.05, 3.63) is 62.3 Å². The number of hydrogen-bond acceptors (Lipinski definition) is 5. The molecule has 2 N–H and O–H groups in total. The SMILES string of the molecule is CCCn1c(=O)[nH]c(=O)c2c(C(=O)NCc3ccoc3)cc(C(C)C)nc21. The molecule has 0 saturated heterocycles. The van der Waals surface area contributed by atoms with Crippen LogP contribution in [0.15, 0.2) is 38.7 Å². The molecule has 0 saturated carbocycles. The third-order valence-electron chi connectivity index (χ3n) is 4.29. The summed E-state index contributed by atoms with van der Waals surface area (Å²) in [6.45, 7) is 6.47.